The van der Waals surface area contributed by atoms with Gasteiger partial charge in [0, 0.05) is 19.2 Å². The molecule has 0 aliphatic rings. The minimum atomic E-state index is 1.10. The Kier molecular flexibility index (Phi) is 23.6. The van der Waals surface area contributed by atoms with Crippen LogP contribution in [0.25, 0.3) is 0 Å². The number of imidazole rings is 1. The fourth-order valence-electron chi connectivity index (χ4n) is 6.39. The van der Waals surface area contributed by atoms with Crippen LogP contribution in [0.1, 0.15) is 191 Å². The molecule has 0 amide bonds. The Labute approximate surface area is 262 Å². The Bertz CT molecular complexity index is 823. The van der Waals surface area contributed by atoms with E-state index in [9.17, 15) is 0 Å². The fraction of sp³-hybridized carbons (Fsp3) is 0.775. The molecule has 42 heavy (non-hydrogen) atoms. The number of aromatic nitrogens is 2. The summed E-state index contributed by atoms with van der Waals surface area (Å²) in [7, 11) is 0. The van der Waals surface area contributed by atoms with Gasteiger partial charge in [-0.05, 0) is 37.7 Å². The van der Waals surface area contributed by atoms with Gasteiger partial charge in [-0.15, -0.1) is 0 Å². The smallest absolute Gasteiger partial charge is 0.108 e. The summed E-state index contributed by atoms with van der Waals surface area (Å²) in [5.74, 6) is 1.36. The van der Waals surface area contributed by atoms with Gasteiger partial charge in [-0.1, -0.05) is 185 Å². The number of hydrogen-bond donors (Lipinski definition) is 0. The molecule has 0 saturated heterocycles. The first-order valence-corrected chi connectivity index (χ1v) is 18.9. The molecule has 2 rings (SSSR count). The van der Waals surface area contributed by atoms with Crippen molar-refractivity contribution in [3.05, 3.63) is 53.6 Å². The second-order valence-corrected chi connectivity index (χ2v) is 13.2. The molecule has 240 valence electrons. The highest BCUT2D eigenvalue weighted by molar-refractivity contribution is 5.15. The molecule has 1 aromatic heterocycles. The van der Waals surface area contributed by atoms with Crippen LogP contribution in [-0.2, 0) is 25.8 Å². The molecule has 0 radical (unpaired) electrons. The zero-order chi connectivity index (χ0) is 29.8. The Morgan fingerprint density at radius 2 is 0.905 bits per heavy atom. The van der Waals surface area contributed by atoms with E-state index >= 15 is 0 Å². The number of rotatable bonds is 30. The average molecular weight is 579 g/mol. The number of benzene rings is 1. The van der Waals surface area contributed by atoms with E-state index in [1.165, 1.54) is 178 Å². The molecule has 0 aliphatic carbocycles. The van der Waals surface area contributed by atoms with Gasteiger partial charge in [-0.3, -0.25) is 0 Å². The lowest BCUT2D eigenvalue weighted by atomic mass is 10.0. The minimum absolute atomic E-state index is 1.10. The zero-order valence-electron chi connectivity index (χ0n) is 28.4. The first-order chi connectivity index (χ1) is 20.8. The Morgan fingerprint density at radius 1 is 0.452 bits per heavy atom. The van der Waals surface area contributed by atoms with E-state index in [-0.39, 0.29) is 0 Å². The molecule has 0 N–H and O–H groups in total. The Balaban J connectivity index is 1.62. The molecule has 0 fully saturated rings. The van der Waals surface area contributed by atoms with Gasteiger partial charge in [0.05, 0.1) is 5.69 Å². The molecule has 1 heterocycles. The quantitative estimate of drug-likeness (QED) is 0.0843. The van der Waals surface area contributed by atoms with Crippen LogP contribution in [0.4, 0.5) is 0 Å². The highest BCUT2D eigenvalue weighted by Gasteiger charge is 2.09. The molecule has 0 unspecified atom stereocenters. The van der Waals surface area contributed by atoms with E-state index in [4.69, 9.17) is 4.98 Å². The molecule has 0 spiro atoms. The van der Waals surface area contributed by atoms with E-state index in [1.807, 2.05) is 0 Å². The van der Waals surface area contributed by atoms with E-state index in [1.54, 1.807) is 0 Å². The van der Waals surface area contributed by atoms with Crippen LogP contribution < -0.4 is 0 Å². The summed E-state index contributed by atoms with van der Waals surface area (Å²) >= 11 is 0. The van der Waals surface area contributed by atoms with Crippen molar-refractivity contribution >= 4 is 0 Å². The van der Waals surface area contributed by atoms with E-state index in [2.05, 4.69) is 54.9 Å². The topological polar surface area (TPSA) is 17.8 Å². The third-order valence-electron chi connectivity index (χ3n) is 9.16. The average Bonchev–Trinajstić information content (AvgIpc) is 3.40. The number of hydrogen-bond acceptors (Lipinski definition) is 1. The Morgan fingerprint density at radius 3 is 1.40 bits per heavy atom. The molecule has 0 saturated carbocycles. The van der Waals surface area contributed by atoms with Crippen molar-refractivity contribution < 1.29 is 0 Å². The van der Waals surface area contributed by atoms with E-state index < -0.39 is 0 Å². The lowest BCUT2D eigenvalue weighted by Gasteiger charge is -2.08. The third kappa shape index (κ3) is 19.6. The SMILES string of the molecule is CCCCCCCCCCCCCCCCc1nc(CCCc2ccccc2)cn1CCCCCCCCCCCC. The zero-order valence-corrected chi connectivity index (χ0v) is 28.4. The highest BCUT2D eigenvalue weighted by Crippen LogP contribution is 2.17. The molecule has 2 heteroatoms. The number of aryl methyl sites for hydroxylation is 4. The summed E-state index contributed by atoms with van der Waals surface area (Å²) in [4.78, 5) is 5.17. The third-order valence-corrected chi connectivity index (χ3v) is 9.16. The van der Waals surface area contributed by atoms with Crippen LogP contribution >= 0.6 is 0 Å². The van der Waals surface area contributed by atoms with Gasteiger partial charge in [0.2, 0.25) is 0 Å². The maximum atomic E-state index is 5.17. The van der Waals surface area contributed by atoms with Crippen LogP contribution in [0, 0.1) is 0 Å². The van der Waals surface area contributed by atoms with Crippen LogP contribution in [0.2, 0.25) is 0 Å². The van der Waals surface area contributed by atoms with Gasteiger partial charge in [0.15, 0.2) is 0 Å². The summed E-state index contributed by atoms with van der Waals surface area (Å²) in [5.41, 5.74) is 2.77. The van der Waals surface area contributed by atoms with Crippen molar-refractivity contribution in [2.75, 3.05) is 0 Å². The number of nitrogens with zero attached hydrogens (tertiary/aromatic N) is 2. The number of unbranched alkanes of at least 4 members (excludes halogenated alkanes) is 22. The van der Waals surface area contributed by atoms with Crippen LogP contribution in [0.15, 0.2) is 36.5 Å². The largest absolute Gasteiger partial charge is 0.335 e. The lowest BCUT2D eigenvalue weighted by molar-refractivity contribution is 0.519. The molecule has 0 bridgehead atoms. The first-order valence-electron chi connectivity index (χ1n) is 18.9. The summed E-state index contributed by atoms with van der Waals surface area (Å²) in [6.07, 6.45) is 41.0. The van der Waals surface area contributed by atoms with Crippen molar-refractivity contribution in [1.29, 1.82) is 0 Å². The second kappa shape index (κ2) is 27.0. The highest BCUT2D eigenvalue weighted by atomic mass is 15.1. The van der Waals surface area contributed by atoms with Gasteiger partial charge in [0.25, 0.3) is 0 Å². The lowest BCUT2D eigenvalue weighted by Crippen LogP contribution is -2.03. The van der Waals surface area contributed by atoms with Gasteiger partial charge >= 0.3 is 0 Å². The second-order valence-electron chi connectivity index (χ2n) is 13.2. The van der Waals surface area contributed by atoms with Crippen LogP contribution in [-0.4, -0.2) is 9.55 Å². The maximum absolute atomic E-state index is 5.17. The van der Waals surface area contributed by atoms with E-state index in [0.717, 1.165) is 25.8 Å². The molecule has 2 aromatic rings. The van der Waals surface area contributed by atoms with Gasteiger partial charge < -0.3 is 4.57 Å². The van der Waals surface area contributed by atoms with Crippen molar-refractivity contribution in [3.8, 4) is 0 Å². The van der Waals surface area contributed by atoms with E-state index in [0.29, 0.717) is 0 Å². The van der Waals surface area contributed by atoms with Gasteiger partial charge in [0.1, 0.15) is 5.82 Å². The van der Waals surface area contributed by atoms with Crippen LogP contribution in [0.5, 0.6) is 0 Å². The minimum Gasteiger partial charge on any atom is -0.335 e. The van der Waals surface area contributed by atoms with Gasteiger partial charge in [-0.2, -0.15) is 0 Å². The molecular weight excluding hydrogens is 508 g/mol. The predicted molar refractivity (Wildman–Crippen MR) is 187 cm³/mol. The molecule has 1 aromatic carbocycles. The standard InChI is InChI=1S/C40H70N2/c1-3-5-7-9-11-13-15-16-17-18-19-21-23-28-35-40-41-39(34-30-33-38-31-26-25-27-32-38)37-42(40)36-29-24-22-20-14-12-10-8-6-4-2/h25-27,31-32,37H,3-24,28-30,33-36H2,1-2H3. The monoisotopic (exact) mass is 579 g/mol. The van der Waals surface area contributed by atoms with Gasteiger partial charge in [-0.25, -0.2) is 4.98 Å². The maximum Gasteiger partial charge on any atom is 0.108 e. The summed E-state index contributed by atoms with van der Waals surface area (Å²) < 4.78 is 2.53. The Hall–Kier alpha value is -1.57. The van der Waals surface area contributed by atoms with Crippen LogP contribution in [0.3, 0.4) is 0 Å². The molecule has 0 atom stereocenters. The fourth-order valence-corrected chi connectivity index (χ4v) is 6.39. The molecule has 0 aliphatic heterocycles. The normalized spacial score (nSPS) is 11.5. The molecule has 2 nitrogen and oxygen atoms in total. The summed E-state index contributed by atoms with van der Waals surface area (Å²) in [5, 5.41) is 0. The summed E-state index contributed by atoms with van der Waals surface area (Å²) in [6.45, 7) is 5.77. The first kappa shape index (κ1) is 36.6. The van der Waals surface area contributed by atoms with Crippen molar-refractivity contribution in [1.82, 2.24) is 9.55 Å². The van der Waals surface area contributed by atoms with Crippen molar-refractivity contribution in [3.63, 3.8) is 0 Å². The predicted octanol–water partition coefficient (Wildman–Crippen LogP) is 13.0. The summed E-state index contributed by atoms with van der Waals surface area (Å²) in [6, 6.07) is 10.9. The molecular formula is C40H70N2. The van der Waals surface area contributed by atoms with Crippen molar-refractivity contribution in [2.45, 2.75) is 200 Å². The van der Waals surface area contributed by atoms with Crippen molar-refractivity contribution in [2.24, 2.45) is 0 Å².